The maximum absolute atomic E-state index is 13.0. The summed E-state index contributed by atoms with van der Waals surface area (Å²) in [5.74, 6) is 1.45. The average Bonchev–Trinajstić information content (AvgIpc) is 3.29. The summed E-state index contributed by atoms with van der Waals surface area (Å²) in [7, 11) is 3.32. The average molecular weight is 437 g/mol. The van der Waals surface area contributed by atoms with E-state index in [0.29, 0.717) is 12.3 Å². The van der Waals surface area contributed by atoms with Crippen LogP contribution in [-0.2, 0) is 11.2 Å². The fraction of sp³-hybridized carbons (Fsp3) is 0.320. The lowest BCUT2D eigenvalue weighted by Gasteiger charge is -2.37. The van der Waals surface area contributed by atoms with Crippen LogP contribution in [0, 0.1) is 13.8 Å². The molecule has 2 aromatic carbocycles. The van der Waals surface area contributed by atoms with Gasteiger partial charge in [-0.3, -0.25) is 9.69 Å². The van der Waals surface area contributed by atoms with Crippen molar-refractivity contribution in [2.75, 3.05) is 32.6 Å². The zero-order chi connectivity index (χ0) is 22.0. The molecule has 0 spiro atoms. The van der Waals surface area contributed by atoms with Crippen molar-refractivity contribution in [3.05, 3.63) is 75.0 Å². The second-order valence-corrected chi connectivity index (χ2v) is 8.89. The van der Waals surface area contributed by atoms with Gasteiger partial charge in [-0.15, -0.1) is 11.3 Å². The number of ether oxygens (including phenoxy) is 2. The first-order valence-corrected chi connectivity index (χ1v) is 11.3. The molecule has 6 heteroatoms. The molecule has 0 radical (unpaired) electrons. The van der Waals surface area contributed by atoms with E-state index >= 15 is 0 Å². The van der Waals surface area contributed by atoms with Crippen molar-refractivity contribution >= 4 is 22.9 Å². The van der Waals surface area contributed by atoms with Crippen molar-refractivity contribution in [3.63, 3.8) is 0 Å². The predicted molar refractivity (Wildman–Crippen MR) is 126 cm³/mol. The fourth-order valence-electron chi connectivity index (χ4n) is 4.28. The van der Waals surface area contributed by atoms with Crippen LogP contribution in [0.3, 0.4) is 0 Å². The number of anilines is 1. The molecular formula is C25H28N2O3S. The van der Waals surface area contributed by atoms with Gasteiger partial charge in [0.2, 0.25) is 5.91 Å². The normalized spacial score (nSPS) is 15.9. The van der Waals surface area contributed by atoms with Crippen LogP contribution in [0.5, 0.6) is 11.5 Å². The summed E-state index contributed by atoms with van der Waals surface area (Å²) in [5.41, 5.74) is 5.54. The Morgan fingerprint density at radius 1 is 1.13 bits per heavy atom. The highest BCUT2D eigenvalue weighted by Gasteiger charge is 2.32. The van der Waals surface area contributed by atoms with Gasteiger partial charge in [-0.1, -0.05) is 23.8 Å². The Hall–Kier alpha value is -2.83. The molecule has 2 heterocycles. The number of carbonyl (C=O) groups excluding carboxylic acids is 1. The van der Waals surface area contributed by atoms with Crippen molar-refractivity contribution in [1.29, 1.82) is 0 Å². The Labute approximate surface area is 187 Å². The number of carbonyl (C=O) groups is 1. The van der Waals surface area contributed by atoms with Gasteiger partial charge in [-0.25, -0.2) is 0 Å². The van der Waals surface area contributed by atoms with E-state index in [0.717, 1.165) is 30.0 Å². The summed E-state index contributed by atoms with van der Waals surface area (Å²) in [6.07, 6.45) is 0.856. The molecule has 1 N–H and O–H groups in total. The van der Waals surface area contributed by atoms with E-state index in [1.807, 2.05) is 19.1 Å². The molecule has 3 aromatic rings. The van der Waals surface area contributed by atoms with Gasteiger partial charge in [-0.2, -0.15) is 0 Å². The van der Waals surface area contributed by atoms with Gasteiger partial charge in [-0.05, 0) is 66.6 Å². The molecule has 162 valence electrons. The number of aryl methyl sites for hydroxylation is 2. The second-order valence-electron chi connectivity index (χ2n) is 7.91. The highest BCUT2D eigenvalue weighted by Crippen LogP contribution is 2.42. The van der Waals surface area contributed by atoms with Gasteiger partial charge < -0.3 is 14.8 Å². The van der Waals surface area contributed by atoms with Crippen LogP contribution < -0.4 is 14.8 Å². The quantitative estimate of drug-likeness (QED) is 0.593. The first-order valence-electron chi connectivity index (χ1n) is 10.4. The van der Waals surface area contributed by atoms with Gasteiger partial charge in [0, 0.05) is 17.1 Å². The Morgan fingerprint density at radius 2 is 1.90 bits per heavy atom. The lowest BCUT2D eigenvalue weighted by atomic mass is 9.91. The third-order valence-corrected chi connectivity index (χ3v) is 6.71. The number of thiophene rings is 1. The Balaban J connectivity index is 1.62. The third-order valence-electron chi connectivity index (χ3n) is 5.79. The molecule has 0 fully saturated rings. The second kappa shape index (κ2) is 9.12. The monoisotopic (exact) mass is 436 g/mol. The van der Waals surface area contributed by atoms with Crippen molar-refractivity contribution < 1.29 is 14.3 Å². The number of fused-ring (bicyclic) bond motifs is 1. The predicted octanol–water partition coefficient (Wildman–Crippen LogP) is 4.97. The van der Waals surface area contributed by atoms with Crippen molar-refractivity contribution in [3.8, 4) is 11.5 Å². The first-order chi connectivity index (χ1) is 15.0. The minimum absolute atomic E-state index is 0.00237. The highest BCUT2D eigenvalue weighted by atomic mass is 32.1. The topological polar surface area (TPSA) is 50.8 Å². The van der Waals surface area contributed by atoms with E-state index in [2.05, 4.69) is 52.9 Å². The zero-order valence-corrected chi connectivity index (χ0v) is 19.2. The van der Waals surface area contributed by atoms with E-state index in [-0.39, 0.29) is 11.9 Å². The molecule has 0 saturated carbocycles. The molecule has 5 nitrogen and oxygen atoms in total. The van der Waals surface area contributed by atoms with Crippen molar-refractivity contribution in [2.45, 2.75) is 26.3 Å². The minimum Gasteiger partial charge on any atom is -0.493 e. The Kier molecular flexibility index (Phi) is 6.30. The molecule has 1 atom stereocenters. The number of nitrogens with one attached hydrogen (secondary N) is 1. The SMILES string of the molecule is COc1cc2c(cc1OC)[C@H](c1cccs1)N(CC(=O)Nc1ccc(C)cc1C)CC2. The number of benzene rings is 2. The molecule has 1 aromatic heterocycles. The van der Waals surface area contributed by atoms with Crippen LogP contribution in [0.25, 0.3) is 0 Å². The van der Waals surface area contributed by atoms with Crippen molar-refractivity contribution in [1.82, 2.24) is 4.90 Å². The zero-order valence-electron chi connectivity index (χ0n) is 18.4. The van der Waals surface area contributed by atoms with Crippen LogP contribution in [-0.4, -0.2) is 38.1 Å². The number of nitrogens with zero attached hydrogens (tertiary/aromatic N) is 1. The standard InChI is InChI=1S/C25H28N2O3S/c1-16-7-8-20(17(2)12-16)26-24(28)15-27-10-9-18-13-21(29-3)22(30-4)14-19(18)25(27)23-6-5-11-31-23/h5-8,11-14,25H,9-10,15H2,1-4H3,(H,26,28)/t25-/m1/s1. The third kappa shape index (κ3) is 4.45. The van der Waals surface area contributed by atoms with E-state index < -0.39 is 0 Å². The smallest absolute Gasteiger partial charge is 0.238 e. The fourth-order valence-corrected chi connectivity index (χ4v) is 5.15. The summed E-state index contributed by atoms with van der Waals surface area (Å²) < 4.78 is 11.1. The number of rotatable bonds is 6. The maximum Gasteiger partial charge on any atom is 0.238 e. The Bertz CT molecular complexity index is 1080. The molecule has 31 heavy (non-hydrogen) atoms. The molecule has 0 saturated heterocycles. The van der Waals surface area contributed by atoms with Gasteiger partial charge >= 0.3 is 0 Å². The molecule has 4 rings (SSSR count). The largest absolute Gasteiger partial charge is 0.493 e. The molecular weight excluding hydrogens is 408 g/mol. The van der Waals surface area contributed by atoms with E-state index in [4.69, 9.17) is 9.47 Å². The summed E-state index contributed by atoms with van der Waals surface area (Å²) >= 11 is 1.71. The minimum atomic E-state index is -0.00237. The van der Waals surface area contributed by atoms with Gasteiger partial charge in [0.25, 0.3) is 0 Å². The van der Waals surface area contributed by atoms with Crippen LogP contribution >= 0.6 is 11.3 Å². The molecule has 0 bridgehead atoms. The Morgan fingerprint density at radius 3 is 2.58 bits per heavy atom. The first kappa shape index (κ1) is 21.4. The van der Waals surface area contributed by atoms with Gasteiger partial charge in [0.05, 0.1) is 26.8 Å². The summed E-state index contributed by atoms with van der Waals surface area (Å²) in [6.45, 7) is 5.20. The molecule has 0 aliphatic carbocycles. The summed E-state index contributed by atoms with van der Waals surface area (Å²) in [4.78, 5) is 16.4. The van der Waals surface area contributed by atoms with Crippen LogP contribution in [0.1, 0.15) is 33.2 Å². The number of amides is 1. The summed E-state index contributed by atoms with van der Waals surface area (Å²) in [5, 5.41) is 5.18. The maximum atomic E-state index is 13.0. The highest BCUT2D eigenvalue weighted by molar-refractivity contribution is 7.10. The number of hydrogen-bond donors (Lipinski definition) is 1. The van der Waals surface area contributed by atoms with Gasteiger partial charge in [0.1, 0.15) is 0 Å². The van der Waals surface area contributed by atoms with Crippen LogP contribution in [0.15, 0.2) is 47.8 Å². The van der Waals surface area contributed by atoms with Gasteiger partial charge in [0.15, 0.2) is 11.5 Å². The summed E-state index contributed by atoms with van der Waals surface area (Å²) in [6, 6.07) is 14.4. The van der Waals surface area contributed by atoms with Crippen molar-refractivity contribution in [2.24, 2.45) is 0 Å². The molecule has 0 unspecified atom stereocenters. The lowest BCUT2D eigenvalue weighted by molar-refractivity contribution is -0.117. The molecule has 1 aliphatic rings. The van der Waals surface area contributed by atoms with Crippen LogP contribution in [0.2, 0.25) is 0 Å². The number of methoxy groups -OCH3 is 2. The van der Waals surface area contributed by atoms with E-state index in [9.17, 15) is 4.79 Å². The lowest BCUT2D eigenvalue weighted by Crippen LogP contribution is -2.41. The van der Waals surface area contributed by atoms with Crippen LogP contribution in [0.4, 0.5) is 5.69 Å². The molecule has 1 aliphatic heterocycles. The molecule has 1 amide bonds. The van der Waals surface area contributed by atoms with E-state index in [1.54, 1.807) is 25.6 Å². The van der Waals surface area contributed by atoms with E-state index in [1.165, 1.54) is 21.6 Å². The number of hydrogen-bond acceptors (Lipinski definition) is 5.